The average Bonchev–Trinajstić information content (AvgIpc) is 3.74. The molecule has 1 saturated heterocycles. The molecule has 0 radical (unpaired) electrons. The van der Waals surface area contributed by atoms with E-state index in [9.17, 15) is 4.79 Å². The normalized spacial score (nSPS) is 16.2. The Morgan fingerprint density at radius 3 is 2.32 bits per heavy atom. The molecular weight excluding hydrogens is 458 g/mol. The minimum atomic E-state index is 0.105. The summed E-state index contributed by atoms with van der Waals surface area (Å²) in [6.07, 6.45) is 7.47. The van der Waals surface area contributed by atoms with E-state index in [1.807, 2.05) is 24.4 Å². The largest absolute Gasteiger partial charge is 0.357 e. The minimum Gasteiger partial charge on any atom is -0.357 e. The number of benzene rings is 2. The number of carbonyl (C=O) groups excluding carboxylic acids is 1. The second-order valence-electron chi connectivity index (χ2n) is 10.6. The summed E-state index contributed by atoms with van der Waals surface area (Å²) >= 11 is 0. The Labute approximate surface area is 217 Å². The number of fused-ring (bicyclic) bond motifs is 1. The van der Waals surface area contributed by atoms with E-state index >= 15 is 0 Å². The summed E-state index contributed by atoms with van der Waals surface area (Å²) in [5.74, 6) is 1.24. The van der Waals surface area contributed by atoms with E-state index in [0.717, 1.165) is 78.0 Å². The van der Waals surface area contributed by atoms with Gasteiger partial charge in [-0.05, 0) is 74.9 Å². The van der Waals surface area contributed by atoms with Crippen LogP contribution in [0.25, 0.3) is 22.0 Å². The van der Waals surface area contributed by atoms with Gasteiger partial charge in [-0.3, -0.25) is 9.78 Å². The molecule has 6 rings (SSSR count). The number of hydrogen-bond acceptors (Lipinski definition) is 6. The number of aromatic nitrogens is 2. The number of Topliss-reactive ketones (excluding diaryl/α,β-unsaturated/α-hetero) is 1. The average molecular weight is 492 g/mol. The number of aryl methyl sites for hydroxylation is 2. The third-order valence-corrected chi connectivity index (χ3v) is 7.52. The molecule has 188 valence electrons. The van der Waals surface area contributed by atoms with Crippen molar-refractivity contribution in [3.63, 3.8) is 0 Å². The fourth-order valence-electron chi connectivity index (χ4n) is 5.32. The molecule has 0 spiro atoms. The molecule has 3 heterocycles. The Kier molecular flexibility index (Phi) is 6.13. The van der Waals surface area contributed by atoms with Crippen molar-refractivity contribution in [1.82, 2.24) is 9.97 Å². The van der Waals surface area contributed by atoms with Gasteiger partial charge in [0.2, 0.25) is 0 Å². The van der Waals surface area contributed by atoms with Crippen LogP contribution in [0, 0.1) is 19.8 Å². The van der Waals surface area contributed by atoms with E-state index in [4.69, 9.17) is 10.7 Å². The van der Waals surface area contributed by atoms with Crippen LogP contribution in [0.5, 0.6) is 0 Å². The van der Waals surface area contributed by atoms with Gasteiger partial charge in [0, 0.05) is 36.6 Å². The standard InChI is InChI=1S/C31H33N5O/c1-19-13-20(2)15-23(14-19)22-5-7-28-26(16-22)30(27(18-33-28)31(37)21-3-4-21)35-25-6-8-29(34-17-25)36-11-9-24(32)10-12-36/h5-8,13-18,21,24H,3-4,9-12,32H2,1-2H3,(H,33,35). The van der Waals surface area contributed by atoms with Crippen LogP contribution in [0.3, 0.4) is 0 Å². The molecule has 0 amide bonds. The SMILES string of the molecule is Cc1cc(C)cc(-c2ccc3ncc(C(=O)C4CC4)c(Nc4ccc(N5CCC(N)CC5)nc4)c3c2)c1. The number of hydrogen-bond donors (Lipinski definition) is 2. The highest BCUT2D eigenvalue weighted by molar-refractivity contribution is 6.11. The summed E-state index contributed by atoms with van der Waals surface area (Å²) in [6, 6.07) is 17.3. The van der Waals surface area contributed by atoms with Crippen LogP contribution < -0.4 is 16.0 Å². The Balaban J connectivity index is 1.39. The number of carbonyl (C=O) groups is 1. The molecule has 6 heteroatoms. The van der Waals surface area contributed by atoms with Gasteiger partial charge in [0.15, 0.2) is 5.78 Å². The zero-order chi connectivity index (χ0) is 25.5. The zero-order valence-electron chi connectivity index (χ0n) is 21.5. The monoisotopic (exact) mass is 491 g/mol. The van der Waals surface area contributed by atoms with Crippen LogP contribution in [-0.4, -0.2) is 34.9 Å². The molecule has 2 aromatic carbocycles. The van der Waals surface area contributed by atoms with Crippen molar-refractivity contribution in [1.29, 1.82) is 0 Å². The first kappa shape index (κ1) is 23.6. The Hall–Kier alpha value is -3.77. The van der Waals surface area contributed by atoms with Crippen LogP contribution >= 0.6 is 0 Å². The Morgan fingerprint density at radius 1 is 0.892 bits per heavy atom. The predicted molar refractivity (Wildman–Crippen MR) is 151 cm³/mol. The molecule has 6 nitrogen and oxygen atoms in total. The molecule has 0 unspecified atom stereocenters. The van der Waals surface area contributed by atoms with Crippen LogP contribution in [0.4, 0.5) is 17.2 Å². The van der Waals surface area contributed by atoms with Gasteiger partial charge in [0.25, 0.3) is 0 Å². The lowest BCUT2D eigenvalue weighted by Gasteiger charge is -2.31. The lowest BCUT2D eigenvalue weighted by molar-refractivity contribution is 0.0968. The molecule has 2 fully saturated rings. The molecule has 4 aromatic rings. The summed E-state index contributed by atoms with van der Waals surface area (Å²) in [5, 5.41) is 4.50. The van der Waals surface area contributed by atoms with Crippen molar-refractivity contribution < 1.29 is 4.79 Å². The molecule has 2 aromatic heterocycles. The van der Waals surface area contributed by atoms with Gasteiger partial charge in [0.1, 0.15) is 5.82 Å². The Bertz CT molecular complexity index is 1450. The van der Waals surface area contributed by atoms with Crippen molar-refractivity contribution in [2.45, 2.75) is 45.6 Å². The summed E-state index contributed by atoms with van der Waals surface area (Å²) in [5.41, 5.74) is 14.0. The molecule has 3 N–H and O–H groups in total. The van der Waals surface area contributed by atoms with Gasteiger partial charge >= 0.3 is 0 Å². The van der Waals surface area contributed by atoms with E-state index in [1.54, 1.807) is 6.20 Å². The first-order chi connectivity index (χ1) is 17.9. The van der Waals surface area contributed by atoms with Gasteiger partial charge in [-0.1, -0.05) is 35.4 Å². The van der Waals surface area contributed by atoms with E-state index in [1.165, 1.54) is 11.1 Å². The maximum absolute atomic E-state index is 13.3. The number of ketones is 1. The van der Waals surface area contributed by atoms with Crippen LogP contribution in [0.1, 0.15) is 47.2 Å². The van der Waals surface area contributed by atoms with Gasteiger partial charge in [0.05, 0.1) is 28.7 Å². The third-order valence-electron chi connectivity index (χ3n) is 7.52. The number of nitrogens with two attached hydrogens (primary N) is 1. The van der Waals surface area contributed by atoms with E-state index in [-0.39, 0.29) is 17.7 Å². The predicted octanol–water partition coefficient (Wildman–Crippen LogP) is 6.18. The van der Waals surface area contributed by atoms with Gasteiger partial charge in [-0.2, -0.15) is 0 Å². The lowest BCUT2D eigenvalue weighted by atomic mass is 9.97. The fourth-order valence-corrected chi connectivity index (χ4v) is 5.32. The number of nitrogens with one attached hydrogen (secondary N) is 1. The summed E-state index contributed by atoms with van der Waals surface area (Å²) in [6.45, 7) is 6.09. The topological polar surface area (TPSA) is 84.1 Å². The minimum absolute atomic E-state index is 0.105. The highest BCUT2D eigenvalue weighted by Gasteiger charge is 2.32. The van der Waals surface area contributed by atoms with Crippen molar-refractivity contribution in [2.75, 3.05) is 23.3 Å². The van der Waals surface area contributed by atoms with E-state index < -0.39 is 0 Å². The summed E-state index contributed by atoms with van der Waals surface area (Å²) in [4.78, 5) is 25.0. The van der Waals surface area contributed by atoms with Crippen LogP contribution in [0.15, 0.2) is 60.9 Å². The van der Waals surface area contributed by atoms with Crippen LogP contribution in [-0.2, 0) is 0 Å². The smallest absolute Gasteiger partial charge is 0.169 e. The van der Waals surface area contributed by atoms with Gasteiger partial charge in [-0.25, -0.2) is 4.98 Å². The Morgan fingerprint density at radius 2 is 1.65 bits per heavy atom. The van der Waals surface area contributed by atoms with Gasteiger partial charge in [-0.15, -0.1) is 0 Å². The van der Waals surface area contributed by atoms with Crippen molar-refractivity contribution in [2.24, 2.45) is 11.7 Å². The van der Waals surface area contributed by atoms with Crippen molar-refractivity contribution in [3.05, 3.63) is 77.6 Å². The summed E-state index contributed by atoms with van der Waals surface area (Å²) < 4.78 is 0. The highest BCUT2D eigenvalue weighted by Crippen LogP contribution is 2.38. The molecule has 0 bridgehead atoms. The number of nitrogens with zero attached hydrogens (tertiary/aromatic N) is 3. The second-order valence-corrected chi connectivity index (χ2v) is 10.6. The van der Waals surface area contributed by atoms with Crippen molar-refractivity contribution in [3.8, 4) is 11.1 Å². The molecule has 1 saturated carbocycles. The second kappa shape index (κ2) is 9.60. The number of rotatable bonds is 6. The lowest BCUT2D eigenvalue weighted by Crippen LogP contribution is -2.40. The molecule has 1 aliphatic heterocycles. The van der Waals surface area contributed by atoms with Crippen molar-refractivity contribution >= 4 is 33.9 Å². The first-order valence-electron chi connectivity index (χ1n) is 13.2. The van der Waals surface area contributed by atoms with Gasteiger partial charge < -0.3 is 16.0 Å². The number of piperidine rings is 1. The first-order valence-corrected chi connectivity index (χ1v) is 13.2. The quantitative estimate of drug-likeness (QED) is 0.314. The number of anilines is 3. The summed E-state index contributed by atoms with van der Waals surface area (Å²) in [7, 11) is 0. The van der Waals surface area contributed by atoms with Crippen LogP contribution in [0.2, 0.25) is 0 Å². The third kappa shape index (κ3) is 4.94. The van der Waals surface area contributed by atoms with E-state index in [2.05, 4.69) is 59.4 Å². The fraction of sp³-hybridized carbons (Fsp3) is 0.323. The highest BCUT2D eigenvalue weighted by atomic mass is 16.1. The molecular formula is C31H33N5O. The molecule has 1 aliphatic carbocycles. The maximum Gasteiger partial charge on any atom is 0.169 e. The molecule has 37 heavy (non-hydrogen) atoms. The molecule has 0 atom stereocenters. The molecule has 2 aliphatic rings. The van der Waals surface area contributed by atoms with E-state index in [0.29, 0.717) is 5.56 Å². The maximum atomic E-state index is 13.3. The number of pyridine rings is 2. The zero-order valence-corrected chi connectivity index (χ0v) is 21.5.